The van der Waals surface area contributed by atoms with E-state index in [0.29, 0.717) is 0 Å². The number of rotatable bonds is 29. The highest BCUT2D eigenvalue weighted by atomic mass is 16.8. The molecule has 10 saturated heterocycles. The molecule has 10 aliphatic heterocycles. The summed E-state index contributed by atoms with van der Waals surface area (Å²) in [7, 11) is 0. The molecule has 0 spiro atoms. The molecule has 52 nitrogen and oxygen atoms in total. The fraction of sp³-hybridized carbons (Fsp3) is 0.955. The first-order valence-electron chi connectivity index (χ1n) is 37.9. The highest BCUT2D eigenvalue weighted by Crippen LogP contribution is 2.41. The third kappa shape index (κ3) is 20.8. The smallest absolute Gasteiger partial charge is 0.217 e. The van der Waals surface area contributed by atoms with Gasteiger partial charge < -0.3 is 244 Å². The molecule has 10 heterocycles. The van der Waals surface area contributed by atoms with E-state index in [-0.39, 0.29) is 0 Å². The number of nitrogens with one attached hydrogen (secondary N) is 3. The van der Waals surface area contributed by atoms with Crippen LogP contribution in [0.25, 0.3) is 0 Å². The molecule has 0 aliphatic carbocycles. The molecule has 52 heteroatoms. The molecule has 30 N–H and O–H groups in total. The van der Waals surface area contributed by atoms with E-state index in [1.54, 1.807) is 0 Å². The van der Waals surface area contributed by atoms with Crippen molar-refractivity contribution in [1.82, 2.24) is 16.0 Å². The Kier molecular flexibility index (Phi) is 34.3. The highest BCUT2D eigenvalue weighted by molar-refractivity contribution is 5.74. The van der Waals surface area contributed by atoms with Crippen molar-refractivity contribution < 1.29 is 242 Å². The van der Waals surface area contributed by atoms with Gasteiger partial charge in [0.25, 0.3) is 0 Å². The van der Waals surface area contributed by atoms with Gasteiger partial charge in [-0.15, -0.1) is 0 Å². The van der Waals surface area contributed by atoms with Crippen molar-refractivity contribution in [3.05, 3.63) is 0 Å². The van der Waals surface area contributed by atoms with Crippen LogP contribution < -0.4 is 16.0 Å². The van der Waals surface area contributed by atoms with Crippen LogP contribution in [-0.2, 0) is 104 Å². The van der Waals surface area contributed by atoms with Crippen LogP contribution in [0, 0.1) is 0 Å². The fourth-order valence-corrected chi connectivity index (χ4v) is 15.4. The minimum atomic E-state index is -2.46. The normalized spacial score (nSPS) is 51.1. The first-order chi connectivity index (χ1) is 55.8. The summed E-state index contributed by atoms with van der Waals surface area (Å²) in [4.78, 5) is 39.7. The Morgan fingerprint density at radius 1 is 0.237 bits per heavy atom. The quantitative estimate of drug-likeness (QED) is 0.0331. The molecule has 50 atom stereocenters. The molecule has 10 rings (SSSR count). The average molecular weight is 1730 g/mol. The first kappa shape index (κ1) is 96.8. The number of carbonyl (C=O) groups excluding carboxylic acids is 3. The van der Waals surface area contributed by atoms with Crippen molar-refractivity contribution in [2.75, 3.05) is 52.9 Å². The van der Waals surface area contributed by atoms with E-state index in [4.69, 9.17) is 90.0 Å². The van der Waals surface area contributed by atoms with Gasteiger partial charge in [-0.3, -0.25) is 14.4 Å². The Bertz CT molecular complexity index is 3140. The highest BCUT2D eigenvalue weighted by Gasteiger charge is 2.62. The molecule has 0 bridgehead atoms. The van der Waals surface area contributed by atoms with Gasteiger partial charge in [-0.25, -0.2) is 0 Å². The molecule has 0 aromatic carbocycles. The average Bonchev–Trinajstić information content (AvgIpc) is 0.763. The molecule has 10 aliphatic rings. The van der Waals surface area contributed by atoms with E-state index in [1.807, 2.05) is 0 Å². The lowest BCUT2D eigenvalue weighted by Crippen LogP contribution is -2.71. The molecule has 0 aromatic rings. The number of hydrogen-bond acceptors (Lipinski definition) is 49. The summed E-state index contributed by atoms with van der Waals surface area (Å²) in [6, 6.07) is -5.87. The number of aliphatic hydroxyl groups excluding tert-OH is 27. The molecule has 0 aromatic heterocycles. The first-order valence-corrected chi connectivity index (χ1v) is 37.9. The Morgan fingerprint density at radius 2 is 0.534 bits per heavy atom. The third-order valence-electron chi connectivity index (χ3n) is 22.0. The number of hydrogen-bond donors (Lipinski definition) is 30. The van der Waals surface area contributed by atoms with Crippen LogP contribution >= 0.6 is 0 Å². The second-order valence-electron chi connectivity index (χ2n) is 30.2. The zero-order valence-electron chi connectivity index (χ0n) is 63.6. The summed E-state index contributed by atoms with van der Waals surface area (Å²) >= 11 is 0. The van der Waals surface area contributed by atoms with Gasteiger partial charge in [-0.05, 0) is 13.8 Å². The van der Waals surface area contributed by atoms with E-state index >= 15 is 0 Å². The van der Waals surface area contributed by atoms with Gasteiger partial charge in [0, 0.05) is 20.8 Å². The van der Waals surface area contributed by atoms with Crippen molar-refractivity contribution in [2.45, 2.75) is 341 Å². The molecule has 118 heavy (non-hydrogen) atoms. The zero-order valence-corrected chi connectivity index (χ0v) is 63.6. The molecule has 0 saturated carbocycles. The molecular formula is C66H111N3O49. The van der Waals surface area contributed by atoms with Crippen molar-refractivity contribution >= 4 is 17.7 Å². The van der Waals surface area contributed by atoms with Crippen molar-refractivity contribution in [2.24, 2.45) is 0 Å². The van der Waals surface area contributed by atoms with Gasteiger partial charge in [-0.1, -0.05) is 0 Å². The summed E-state index contributed by atoms with van der Waals surface area (Å²) in [5, 5.41) is 306. The van der Waals surface area contributed by atoms with E-state index in [9.17, 15) is 152 Å². The summed E-state index contributed by atoms with van der Waals surface area (Å²) in [6.45, 7) is -3.57. The predicted octanol–water partition coefficient (Wildman–Crippen LogP) is -20.3. The lowest BCUT2D eigenvalue weighted by Gasteiger charge is -2.52. The van der Waals surface area contributed by atoms with Crippen molar-refractivity contribution in [1.29, 1.82) is 0 Å². The Morgan fingerprint density at radius 3 is 1.01 bits per heavy atom. The van der Waals surface area contributed by atoms with Gasteiger partial charge in [0.15, 0.2) is 62.9 Å². The van der Waals surface area contributed by atoms with E-state index in [2.05, 4.69) is 16.0 Å². The van der Waals surface area contributed by atoms with Crippen LogP contribution in [0.4, 0.5) is 0 Å². The van der Waals surface area contributed by atoms with Crippen LogP contribution in [-0.4, -0.2) is 515 Å². The van der Waals surface area contributed by atoms with Gasteiger partial charge in [0.2, 0.25) is 17.7 Å². The summed E-state index contributed by atoms with van der Waals surface area (Å²) in [6.07, 6.45) is -95.7. The molecule has 10 fully saturated rings. The molecule has 3 amide bonds. The van der Waals surface area contributed by atoms with Gasteiger partial charge in [0.05, 0.1) is 65.1 Å². The van der Waals surface area contributed by atoms with Gasteiger partial charge in [-0.2, -0.15) is 0 Å². The van der Waals surface area contributed by atoms with Crippen molar-refractivity contribution in [3.63, 3.8) is 0 Å². The van der Waals surface area contributed by atoms with Crippen LogP contribution in [0.1, 0.15) is 34.6 Å². The number of aliphatic hydroxyl groups is 27. The van der Waals surface area contributed by atoms with Crippen LogP contribution in [0.15, 0.2) is 0 Å². The van der Waals surface area contributed by atoms with E-state index in [0.717, 1.165) is 20.8 Å². The molecular weight excluding hydrogens is 1620 g/mol. The zero-order chi connectivity index (χ0) is 86.8. The minimum absolute atomic E-state index is 0.928. The van der Waals surface area contributed by atoms with Crippen LogP contribution in [0.3, 0.4) is 0 Å². The summed E-state index contributed by atoms with van der Waals surface area (Å²) in [5.74, 6) is -2.91. The van der Waals surface area contributed by atoms with E-state index < -0.39 is 377 Å². The number of carbonyl (C=O) groups is 3. The summed E-state index contributed by atoms with van der Waals surface area (Å²) in [5.41, 5.74) is 0. The fourth-order valence-electron chi connectivity index (χ4n) is 15.4. The van der Waals surface area contributed by atoms with Gasteiger partial charge in [0.1, 0.15) is 232 Å². The van der Waals surface area contributed by atoms with Crippen molar-refractivity contribution in [3.8, 4) is 0 Å². The largest absolute Gasteiger partial charge is 0.394 e. The number of ether oxygens (including phenoxy) is 19. The minimum Gasteiger partial charge on any atom is -0.394 e. The lowest BCUT2D eigenvalue weighted by molar-refractivity contribution is -0.394. The maximum absolute atomic E-state index is 13.4. The monoisotopic (exact) mass is 1730 g/mol. The standard InChI is InChI=1S/C66H111N3O49/c1-14-30(80)38(88)44(94)61(101-14)115-53-29(69-18(5)79)60(109-25(12-76)51(53)113-63-46(96)40(90)32(82)19(6-70)105-63)117-55-36(86)26(110-65(48(55)98)112-50-23(10-74)103-57(99)43(93)42(50)92)13-100-58-27(67-16(3)77)37(87)49(24(11-75)108-58)111-64-47(97)54(35(85)22(9-73)106-64)116-59-28(68-17(4)78)52(34(84)21(8-72)104-59)114-66-56(41(91)33(83)20(7-71)107-66)118-62-45(95)39(89)31(81)15(2)102-62/h14-15,19-66,70-76,80-99H,6-13H2,1-5H3,(H,67,77)(H,68,78)(H,69,79)/t14-,15-,19+,20+,21+,22+,23+,24+,25+,26+,27+,28+,29+,30+,31+,32-,33-,34+,35-,36-,37+,38+,39+,40-,41-,42+,43+,44-,45-,46+,47+,48+,49+,50+,51+,52+,53+,54-,55-,56+,57+,58+,59-,60-,61-,62-,63-,64-,65-,66-/m0/s1. The third-order valence-corrected chi connectivity index (χ3v) is 22.0. The molecule has 684 valence electrons. The maximum atomic E-state index is 13.4. The molecule has 0 radical (unpaired) electrons. The summed E-state index contributed by atoms with van der Waals surface area (Å²) < 4.78 is 113. The second-order valence-corrected chi connectivity index (χ2v) is 30.2. The maximum Gasteiger partial charge on any atom is 0.217 e. The van der Waals surface area contributed by atoms with Crippen LogP contribution in [0.2, 0.25) is 0 Å². The van der Waals surface area contributed by atoms with Gasteiger partial charge >= 0.3 is 0 Å². The SMILES string of the molecule is CC(=O)N[C@H]1[C@H](OC[C@H]2O[C@@H](O[C@H]3[C@H](O)[C@@H](O)[C@H](O)O[C@@H]3CO)[C@H](O)[C@@H](O[C@@H]3O[C@H](CO)[C@@H](O[C@@H]4O[C@H](CO)[C@H](O)[C@H](O)[C@H]4O)[C@H](O[C@@H]4O[C@@H](C)[C@@H](O)[C@@H](O)[C@@H]4O)[C@H]3NC(C)=O)[C@H]2O)O[C@H](CO)[C@@H](O[C@@H]2O[C@H](CO)[C@H](O)[C@H](O[C@@H]3O[C@H](CO)[C@@H](O)[C@H](O[C@@H]4O[C@H](CO)[C@H](O)[C@H](O)[C@H]4O[C@@H]4O[C@@H](C)[C@@H](O)[C@@H](O)[C@@H]4O)[C@H]3NC(C)=O)[C@H]2O)[C@@H]1O. The Balaban J connectivity index is 0.918. The number of amides is 3. The topological polar surface area (TPSA) is 809 Å². The lowest BCUT2D eigenvalue weighted by atomic mass is 9.93. The molecule has 0 unspecified atom stereocenters. The Labute approximate surface area is 668 Å². The second kappa shape index (κ2) is 41.8. The van der Waals surface area contributed by atoms with E-state index in [1.165, 1.54) is 13.8 Å². The predicted molar refractivity (Wildman–Crippen MR) is 362 cm³/mol. The van der Waals surface area contributed by atoms with Crippen LogP contribution in [0.5, 0.6) is 0 Å². The Hall–Kier alpha value is -3.43.